The number of benzene rings is 2. The van der Waals surface area contributed by atoms with Crippen molar-refractivity contribution in [3.8, 4) is 6.07 Å². The lowest BCUT2D eigenvalue weighted by Crippen LogP contribution is -2.44. The Hall–Kier alpha value is -3.51. The van der Waals surface area contributed by atoms with Crippen LogP contribution >= 0.6 is 12.8 Å². The van der Waals surface area contributed by atoms with Crippen molar-refractivity contribution in [1.82, 2.24) is 15.3 Å². The van der Waals surface area contributed by atoms with Gasteiger partial charge in [0.05, 0.1) is 22.8 Å². The van der Waals surface area contributed by atoms with Crippen molar-refractivity contribution >= 4 is 47.2 Å². The van der Waals surface area contributed by atoms with Crippen LogP contribution in [0.15, 0.2) is 48.5 Å². The molecule has 170 valence electrons. The van der Waals surface area contributed by atoms with E-state index in [1.165, 1.54) is 4.31 Å². The lowest BCUT2D eigenvalue weighted by atomic mass is 9.91. The second-order valence-electron chi connectivity index (χ2n) is 8.40. The zero-order chi connectivity index (χ0) is 23.4. The van der Waals surface area contributed by atoms with Gasteiger partial charge in [0.15, 0.2) is 0 Å². The fourth-order valence-electron chi connectivity index (χ4n) is 4.06. The maximum Gasteiger partial charge on any atom is 0.332 e. The molecule has 33 heavy (non-hydrogen) atoms. The smallest absolute Gasteiger partial charge is 0.332 e. The first-order valence-electron chi connectivity index (χ1n) is 10.9. The van der Waals surface area contributed by atoms with E-state index in [1.54, 1.807) is 24.3 Å². The van der Waals surface area contributed by atoms with Gasteiger partial charge in [0.2, 0.25) is 5.95 Å². The molecule has 9 heteroatoms. The minimum absolute atomic E-state index is 0.0819. The number of rotatable bonds is 5. The summed E-state index contributed by atoms with van der Waals surface area (Å²) < 4.78 is 1.27. The third-order valence-electron chi connectivity index (χ3n) is 5.83. The van der Waals surface area contributed by atoms with Crippen LogP contribution in [0.25, 0.3) is 10.9 Å². The first-order chi connectivity index (χ1) is 15.9. The van der Waals surface area contributed by atoms with E-state index >= 15 is 0 Å². The second-order valence-corrected chi connectivity index (χ2v) is 8.80. The lowest BCUT2D eigenvalue weighted by Gasteiger charge is -2.31. The summed E-state index contributed by atoms with van der Waals surface area (Å²) in [6.07, 6.45) is 3.52. The van der Waals surface area contributed by atoms with Crippen molar-refractivity contribution in [2.45, 2.75) is 37.8 Å². The number of carbonyl (C=O) groups excluding carboxylic acids is 1. The highest BCUT2D eigenvalue weighted by atomic mass is 32.1. The molecule has 4 rings (SSSR count). The van der Waals surface area contributed by atoms with E-state index in [1.807, 2.05) is 43.3 Å². The molecule has 2 N–H and O–H groups in total. The van der Waals surface area contributed by atoms with Gasteiger partial charge in [-0.15, -0.1) is 0 Å². The largest absolute Gasteiger partial charge is 0.362 e. The number of thiol groups is 1. The molecule has 1 aliphatic carbocycles. The van der Waals surface area contributed by atoms with Crippen LogP contribution < -0.4 is 19.8 Å². The third kappa shape index (κ3) is 5.29. The molecular formula is C24H27N7OS. The summed E-state index contributed by atoms with van der Waals surface area (Å²) in [6.45, 7) is 0. The van der Waals surface area contributed by atoms with Gasteiger partial charge < -0.3 is 15.5 Å². The maximum atomic E-state index is 12.6. The number of para-hydroxylation sites is 1. The van der Waals surface area contributed by atoms with Gasteiger partial charge in [-0.3, -0.25) is 0 Å². The Balaban J connectivity index is 1.33. The fourth-order valence-corrected chi connectivity index (χ4v) is 4.25. The molecule has 2 aromatic carbocycles. The zero-order valence-corrected chi connectivity index (χ0v) is 19.6. The monoisotopic (exact) mass is 461 g/mol. The number of fused-ring (bicyclic) bond motifs is 1. The Bertz CT molecular complexity index is 1170. The average Bonchev–Trinajstić information content (AvgIpc) is 2.84. The predicted octanol–water partition coefficient (Wildman–Crippen LogP) is 4.35. The minimum atomic E-state index is -0.270. The van der Waals surface area contributed by atoms with Crippen molar-refractivity contribution in [3.63, 3.8) is 0 Å². The number of urea groups is 1. The topological polar surface area (TPSA) is 97.2 Å². The normalized spacial score (nSPS) is 17.8. The molecule has 1 heterocycles. The predicted molar refractivity (Wildman–Crippen MR) is 135 cm³/mol. The lowest BCUT2D eigenvalue weighted by molar-refractivity contribution is 0.241. The number of carbonyl (C=O) groups is 1. The van der Waals surface area contributed by atoms with E-state index in [-0.39, 0.29) is 18.1 Å². The molecule has 1 saturated carbocycles. The summed E-state index contributed by atoms with van der Waals surface area (Å²) in [7, 11) is 3.96. The standard InChI is InChI=1S/C24H27N7OS/c1-30(2)22-20-5-3-4-6-21(20)28-23(29-22)26-17-9-11-18(12-10-17)27-24(32)31(33)19-13-7-16(15-25)8-14-19/h3-8,13-14,17-18,33H,9-12H2,1-2H3,(H,27,32)(H,26,28,29). The Kier molecular flexibility index (Phi) is 6.84. The number of anilines is 3. The number of hydrogen-bond donors (Lipinski definition) is 3. The molecule has 0 radical (unpaired) electrons. The molecule has 0 atom stereocenters. The van der Waals surface area contributed by atoms with Crippen LogP contribution in [0.3, 0.4) is 0 Å². The van der Waals surface area contributed by atoms with Gasteiger partial charge in [-0.05, 0) is 62.1 Å². The van der Waals surface area contributed by atoms with E-state index in [4.69, 9.17) is 15.2 Å². The molecular weight excluding hydrogens is 434 g/mol. The molecule has 1 aliphatic rings. The Labute approximate surface area is 199 Å². The highest BCUT2D eigenvalue weighted by Crippen LogP contribution is 2.27. The van der Waals surface area contributed by atoms with Gasteiger partial charge in [0.1, 0.15) is 5.82 Å². The van der Waals surface area contributed by atoms with E-state index in [9.17, 15) is 4.79 Å². The number of aromatic nitrogens is 2. The van der Waals surface area contributed by atoms with Crippen LogP contribution in [0, 0.1) is 11.3 Å². The molecule has 0 saturated heterocycles. The Morgan fingerprint density at radius 3 is 2.36 bits per heavy atom. The molecule has 2 amide bonds. The molecule has 1 aromatic heterocycles. The first-order valence-corrected chi connectivity index (χ1v) is 11.3. The first kappa shape index (κ1) is 22.7. The van der Waals surface area contributed by atoms with Crippen molar-refractivity contribution in [2.24, 2.45) is 0 Å². The molecule has 0 unspecified atom stereocenters. The molecule has 0 bridgehead atoms. The van der Waals surface area contributed by atoms with E-state index in [2.05, 4.69) is 29.5 Å². The molecule has 0 spiro atoms. The van der Waals surface area contributed by atoms with Gasteiger partial charge in [-0.2, -0.15) is 10.2 Å². The number of nitrogens with one attached hydrogen (secondary N) is 2. The quantitative estimate of drug-likeness (QED) is 0.489. The summed E-state index contributed by atoms with van der Waals surface area (Å²) in [5, 5.41) is 16.5. The Morgan fingerprint density at radius 2 is 1.70 bits per heavy atom. The van der Waals surface area contributed by atoms with Crippen LogP contribution in [0.5, 0.6) is 0 Å². The molecule has 8 nitrogen and oxygen atoms in total. The average molecular weight is 462 g/mol. The summed E-state index contributed by atoms with van der Waals surface area (Å²) in [5.41, 5.74) is 2.08. The second kappa shape index (κ2) is 9.96. The number of hydrogen-bond acceptors (Lipinski definition) is 7. The van der Waals surface area contributed by atoms with Crippen molar-refractivity contribution < 1.29 is 4.79 Å². The van der Waals surface area contributed by atoms with Crippen LogP contribution in [0.1, 0.15) is 31.2 Å². The minimum Gasteiger partial charge on any atom is -0.362 e. The third-order valence-corrected chi connectivity index (χ3v) is 6.24. The molecule has 0 aliphatic heterocycles. The number of nitrogens with zero attached hydrogens (tertiary/aromatic N) is 5. The van der Waals surface area contributed by atoms with Gasteiger partial charge in [-0.1, -0.05) is 24.9 Å². The highest BCUT2D eigenvalue weighted by molar-refractivity contribution is 7.82. The van der Waals surface area contributed by atoms with E-state index < -0.39 is 0 Å². The van der Waals surface area contributed by atoms with Crippen LogP contribution in [0.4, 0.5) is 22.2 Å². The maximum absolute atomic E-state index is 12.6. The van der Waals surface area contributed by atoms with Crippen molar-refractivity contribution in [2.75, 3.05) is 28.6 Å². The van der Waals surface area contributed by atoms with Crippen molar-refractivity contribution in [1.29, 1.82) is 5.26 Å². The summed E-state index contributed by atoms with van der Waals surface area (Å²) >= 11 is 4.32. The number of amides is 2. The SMILES string of the molecule is CN(C)c1nc(NC2CCC(NC(=O)N(S)c3ccc(C#N)cc3)CC2)nc2ccccc12. The number of nitriles is 1. The van der Waals surface area contributed by atoms with Crippen LogP contribution in [-0.2, 0) is 0 Å². The van der Waals surface area contributed by atoms with Crippen LogP contribution in [0.2, 0.25) is 0 Å². The Morgan fingerprint density at radius 1 is 1.03 bits per heavy atom. The summed E-state index contributed by atoms with van der Waals surface area (Å²) in [6, 6.07) is 16.9. The van der Waals surface area contributed by atoms with Gasteiger partial charge in [0, 0.05) is 31.6 Å². The van der Waals surface area contributed by atoms with Gasteiger partial charge >= 0.3 is 6.03 Å². The van der Waals surface area contributed by atoms with Gasteiger partial charge in [0.25, 0.3) is 0 Å². The van der Waals surface area contributed by atoms with E-state index in [0.29, 0.717) is 17.2 Å². The highest BCUT2D eigenvalue weighted by Gasteiger charge is 2.25. The molecule has 1 fully saturated rings. The van der Waals surface area contributed by atoms with Crippen molar-refractivity contribution in [3.05, 3.63) is 54.1 Å². The van der Waals surface area contributed by atoms with Crippen LogP contribution in [-0.4, -0.2) is 42.2 Å². The zero-order valence-electron chi connectivity index (χ0n) is 18.7. The van der Waals surface area contributed by atoms with E-state index in [0.717, 1.165) is 42.4 Å². The fraction of sp³-hybridized carbons (Fsp3) is 0.333. The summed E-state index contributed by atoms with van der Waals surface area (Å²) in [4.78, 5) is 24.0. The van der Waals surface area contributed by atoms with Gasteiger partial charge in [-0.25, -0.2) is 14.1 Å². The molecule has 3 aromatic rings. The summed E-state index contributed by atoms with van der Waals surface area (Å²) in [5.74, 6) is 1.52.